The Hall–Kier alpha value is -0.520. The van der Waals surface area contributed by atoms with Crippen LogP contribution in [0.15, 0.2) is 23.8 Å². The van der Waals surface area contributed by atoms with Crippen LogP contribution >= 0.6 is 0 Å². The van der Waals surface area contributed by atoms with Crippen molar-refractivity contribution < 1.29 is 0 Å². The second-order valence-electron chi connectivity index (χ2n) is 8.55. The molecule has 4 rings (SSSR count). The Balaban J connectivity index is 0.000000693. The second-order valence-corrected chi connectivity index (χ2v) is 8.55. The van der Waals surface area contributed by atoms with E-state index in [1.165, 1.54) is 57.8 Å². The van der Waals surface area contributed by atoms with E-state index < -0.39 is 0 Å². The van der Waals surface area contributed by atoms with Crippen molar-refractivity contribution in [2.75, 3.05) is 0 Å². The Morgan fingerprint density at radius 3 is 2.45 bits per heavy atom. The summed E-state index contributed by atoms with van der Waals surface area (Å²) in [7, 11) is 0. The van der Waals surface area contributed by atoms with Gasteiger partial charge in [0.15, 0.2) is 0 Å². The van der Waals surface area contributed by atoms with Gasteiger partial charge in [0.2, 0.25) is 0 Å². The van der Waals surface area contributed by atoms with Crippen LogP contribution < -0.4 is 0 Å². The average molecular weight is 301 g/mol. The van der Waals surface area contributed by atoms with Crippen molar-refractivity contribution in [3.8, 4) is 0 Å². The molecule has 4 unspecified atom stereocenters. The van der Waals surface area contributed by atoms with Crippen LogP contribution in [-0.2, 0) is 0 Å². The summed E-state index contributed by atoms with van der Waals surface area (Å²) in [6.07, 6.45) is 15.3. The molecule has 4 aliphatic carbocycles. The lowest BCUT2D eigenvalue weighted by Crippen LogP contribution is -2.49. The molecule has 0 N–H and O–H groups in total. The summed E-state index contributed by atoms with van der Waals surface area (Å²) in [6, 6.07) is 0. The molecule has 0 amide bonds. The van der Waals surface area contributed by atoms with E-state index in [4.69, 9.17) is 0 Å². The maximum atomic E-state index is 4.44. The van der Waals surface area contributed by atoms with Crippen molar-refractivity contribution in [3.05, 3.63) is 23.8 Å². The molecule has 0 nitrogen and oxygen atoms in total. The van der Waals surface area contributed by atoms with E-state index in [9.17, 15) is 0 Å². The Kier molecular flexibility index (Phi) is 4.34. The molecule has 0 saturated heterocycles. The average Bonchev–Trinajstić information content (AvgIpc) is 2.84. The first-order valence-corrected chi connectivity index (χ1v) is 9.93. The Morgan fingerprint density at radius 1 is 0.955 bits per heavy atom. The highest BCUT2D eigenvalue weighted by molar-refractivity contribution is 5.27. The van der Waals surface area contributed by atoms with Crippen molar-refractivity contribution >= 4 is 0 Å². The summed E-state index contributed by atoms with van der Waals surface area (Å²) < 4.78 is 0. The molecule has 0 aromatic carbocycles. The molecule has 4 aliphatic rings. The van der Waals surface area contributed by atoms with Crippen molar-refractivity contribution in [3.63, 3.8) is 0 Å². The molecule has 5 atom stereocenters. The summed E-state index contributed by atoms with van der Waals surface area (Å²) >= 11 is 0. The van der Waals surface area contributed by atoms with Gasteiger partial charge in [-0.25, -0.2) is 0 Å². The van der Waals surface area contributed by atoms with Crippen molar-refractivity contribution in [2.24, 2.45) is 28.6 Å². The highest BCUT2D eigenvalue weighted by Crippen LogP contribution is 2.66. The summed E-state index contributed by atoms with van der Waals surface area (Å²) in [6.45, 7) is 13.6. The van der Waals surface area contributed by atoms with E-state index in [1.807, 2.05) is 19.4 Å². The highest BCUT2D eigenvalue weighted by Gasteiger charge is 2.56. The Labute approximate surface area is 138 Å². The maximum absolute atomic E-state index is 4.44. The third-order valence-corrected chi connectivity index (χ3v) is 7.98. The summed E-state index contributed by atoms with van der Waals surface area (Å²) in [5, 5.41) is 0. The lowest BCUT2D eigenvalue weighted by atomic mass is 9.47. The molecule has 0 aliphatic heterocycles. The first-order chi connectivity index (χ1) is 10.6. The molecule has 3 saturated carbocycles. The van der Waals surface area contributed by atoms with Gasteiger partial charge in [-0.1, -0.05) is 51.5 Å². The quantitative estimate of drug-likeness (QED) is 0.426. The van der Waals surface area contributed by atoms with Crippen LogP contribution in [0.25, 0.3) is 0 Å². The largest absolute Gasteiger partial charge is 0.0993 e. The summed E-state index contributed by atoms with van der Waals surface area (Å²) in [5.74, 6) is 2.93. The minimum atomic E-state index is 0.493. The van der Waals surface area contributed by atoms with E-state index in [1.54, 1.807) is 5.57 Å². The number of fused-ring (bicyclic) bond motifs is 5. The van der Waals surface area contributed by atoms with Gasteiger partial charge >= 0.3 is 0 Å². The van der Waals surface area contributed by atoms with E-state index in [0.29, 0.717) is 10.8 Å². The molecule has 0 heteroatoms. The topological polar surface area (TPSA) is 0 Å². The van der Waals surface area contributed by atoms with Crippen molar-refractivity contribution in [1.29, 1.82) is 0 Å². The van der Waals surface area contributed by atoms with Crippen LogP contribution in [-0.4, -0.2) is 0 Å². The predicted molar refractivity (Wildman–Crippen MR) is 96.8 cm³/mol. The molecule has 0 radical (unpaired) electrons. The first kappa shape index (κ1) is 16.3. The van der Waals surface area contributed by atoms with Gasteiger partial charge < -0.3 is 0 Å². The van der Waals surface area contributed by atoms with Crippen molar-refractivity contribution in [1.82, 2.24) is 0 Å². The Morgan fingerprint density at radius 2 is 1.68 bits per heavy atom. The smallest absolute Gasteiger partial charge is 0.00853 e. The monoisotopic (exact) mass is 300 g/mol. The van der Waals surface area contributed by atoms with Gasteiger partial charge in [-0.15, -0.1) is 0 Å². The SMILES string of the molecule is C=C1CCC2C3CCC4=CCCCC4(C)C3CC[C@]12C.CC. The van der Waals surface area contributed by atoms with Gasteiger partial charge in [0.05, 0.1) is 0 Å². The van der Waals surface area contributed by atoms with Crippen LogP contribution in [0, 0.1) is 28.6 Å². The molecule has 0 heterocycles. The minimum Gasteiger partial charge on any atom is -0.0993 e. The summed E-state index contributed by atoms with van der Waals surface area (Å²) in [4.78, 5) is 0. The summed E-state index contributed by atoms with van der Waals surface area (Å²) in [5.41, 5.74) is 4.47. The molecular weight excluding hydrogens is 264 g/mol. The van der Waals surface area contributed by atoms with E-state index >= 15 is 0 Å². The first-order valence-electron chi connectivity index (χ1n) is 9.93. The van der Waals surface area contributed by atoms with E-state index in [2.05, 4.69) is 26.5 Å². The zero-order valence-corrected chi connectivity index (χ0v) is 15.4. The third-order valence-electron chi connectivity index (χ3n) is 7.98. The van der Waals surface area contributed by atoms with Gasteiger partial charge in [-0.05, 0) is 86.4 Å². The van der Waals surface area contributed by atoms with Crippen LogP contribution in [0.4, 0.5) is 0 Å². The third kappa shape index (κ3) is 2.16. The lowest BCUT2D eigenvalue weighted by molar-refractivity contribution is -0.0253. The molecule has 3 fully saturated rings. The molecule has 0 aromatic rings. The fraction of sp³-hybridized carbons (Fsp3) is 0.818. The number of allylic oxidation sites excluding steroid dienone is 3. The van der Waals surface area contributed by atoms with Crippen LogP contribution in [0.2, 0.25) is 0 Å². The van der Waals surface area contributed by atoms with Crippen molar-refractivity contribution in [2.45, 2.75) is 85.5 Å². The highest BCUT2D eigenvalue weighted by atomic mass is 14.6. The zero-order chi connectivity index (χ0) is 16.0. The second kappa shape index (κ2) is 5.84. The lowest BCUT2D eigenvalue weighted by Gasteiger charge is -2.57. The molecule has 0 spiro atoms. The molecule has 124 valence electrons. The zero-order valence-electron chi connectivity index (χ0n) is 15.4. The molecule has 0 aromatic heterocycles. The number of hydrogen-bond donors (Lipinski definition) is 0. The number of rotatable bonds is 0. The molecule has 0 bridgehead atoms. The normalized spacial score (nSPS) is 46.6. The predicted octanol–water partition coefficient (Wildman–Crippen LogP) is 6.92. The van der Waals surface area contributed by atoms with Gasteiger partial charge in [0.1, 0.15) is 0 Å². The molecular formula is C22H36. The van der Waals surface area contributed by atoms with Crippen LogP contribution in [0.1, 0.15) is 85.5 Å². The van der Waals surface area contributed by atoms with E-state index in [0.717, 1.165) is 17.8 Å². The van der Waals surface area contributed by atoms with Gasteiger partial charge in [-0.2, -0.15) is 0 Å². The Bertz CT molecular complexity index is 470. The van der Waals surface area contributed by atoms with Gasteiger partial charge in [0.25, 0.3) is 0 Å². The maximum Gasteiger partial charge on any atom is -0.00853 e. The standard InChI is InChI=1S/C20H30.C2H6/c1-14-7-10-17-16-9-8-15-6-4-5-12-20(15,3)18(16)11-13-19(14,17)2;1-2/h6,16-18H,1,4-5,7-13H2,2-3H3;1-2H3/t16?,17?,18?,19-,20?;/m1./s1. The van der Waals surface area contributed by atoms with Gasteiger partial charge in [-0.3, -0.25) is 0 Å². The number of hydrogen-bond acceptors (Lipinski definition) is 0. The van der Waals surface area contributed by atoms with Crippen LogP contribution in [0.3, 0.4) is 0 Å². The van der Waals surface area contributed by atoms with E-state index in [-0.39, 0.29) is 0 Å². The van der Waals surface area contributed by atoms with Gasteiger partial charge in [0, 0.05) is 0 Å². The van der Waals surface area contributed by atoms with Crippen LogP contribution in [0.5, 0.6) is 0 Å². The molecule has 22 heavy (non-hydrogen) atoms. The fourth-order valence-electron chi connectivity index (χ4n) is 6.66. The minimum absolute atomic E-state index is 0.493. The fourth-order valence-corrected chi connectivity index (χ4v) is 6.66.